The van der Waals surface area contributed by atoms with E-state index in [9.17, 15) is 14.7 Å². The Labute approximate surface area is 112 Å². The molecule has 0 aliphatic carbocycles. The molecule has 0 heterocycles. The zero-order valence-electron chi connectivity index (χ0n) is 11.0. The summed E-state index contributed by atoms with van der Waals surface area (Å²) in [6, 6.07) is 6.21. The molecule has 0 aliphatic rings. The fourth-order valence-corrected chi connectivity index (χ4v) is 1.62. The number of phenolic OH excluding ortho intramolecular Hbond substituents is 1. The van der Waals surface area contributed by atoms with Crippen LogP contribution in [0.3, 0.4) is 0 Å². The fourth-order valence-electron chi connectivity index (χ4n) is 1.62. The zero-order chi connectivity index (χ0) is 14.1. The number of hydrogen-bond donors (Lipinski definition) is 2. The van der Waals surface area contributed by atoms with Crippen molar-refractivity contribution in [3.05, 3.63) is 29.8 Å². The maximum absolute atomic E-state index is 11.7. The molecule has 1 aromatic rings. The van der Waals surface area contributed by atoms with Crippen LogP contribution >= 0.6 is 0 Å². The maximum Gasteiger partial charge on any atom is 0.305 e. The molecule has 5 nitrogen and oxygen atoms in total. The molecule has 2 N–H and O–H groups in total. The minimum Gasteiger partial charge on any atom is -0.508 e. The van der Waals surface area contributed by atoms with E-state index >= 15 is 0 Å². The molecule has 0 fully saturated rings. The Bertz CT molecular complexity index is 431. The Morgan fingerprint density at radius 2 is 2.05 bits per heavy atom. The molecule has 19 heavy (non-hydrogen) atoms. The number of unbranched alkanes of at least 4 members (excludes halogenated alkanes) is 2. The fraction of sp³-hybridized carbons (Fsp3) is 0.429. The van der Waals surface area contributed by atoms with Crippen molar-refractivity contribution in [2.24, 2.45) is 0 Å². The maximum atomic E-state index is 11.7. The Balaban J connectivity index is 2.16. The lowest BCUT2D eigenvalue weighted by Crippen LogP contribution is -2.24. The van der Waals surface area contributed by atoms with E-state index in [-0.39, 0.29) is 17.6 Å². The van der Waals surface area contributed by atoms with Gasteiger partial charge in [0, 0.05) is 18.5 Å². The number of carbonyl (C=O) groups is 2. The molecule has 0 unspecified atom stereocenters. The second kappa shape index (κ2) is 8.13. The van der Waals surface area contributed by atoms with E-state index < -0.39 is 0 Å². The second-order valence-corrected chi connectivity index (χ2v) is 4.19. The summed E-state index contributed by atoms with van der Waals surface area (Å²) < 4.78 is 4.53. The number of phenols is 1. The highest BCUT2D eigenvalue weighted by atomic mass is 16.5. The first-order valence-corrected chi connectivity index (χ1v) is 6.27. The summed E-state index contributed by atoms with van der Waals surface area (Å²) in [6.07, 6.45) is 2.84. The summed E-state index contributed by atoms with van der Waals surface area (Å²) in [5.74, 6) is -0.335. The Hall–Kier alpha value is -2.04. The third-order valence-electron chi connectivity index (χ3n) is 2.68. The van der Waals surface area contributed by atoms with Crippen LogP contribution in [0.5, 0.6) is 5.75 Å². The molecule has 0 atom stereocenters. The van der Waals surface area contributed by atoms with Gasteiger partial charge in [0.05, 0.1) is 7.11 Å². The zero-order valence-corrected chi connectivity index (χ0v) is 11.0. The summed E-state index contributed by atoms with van der Waals surface area (Å²) >= 11 is 0. The lowest BCUT2D eigenvalue weighted by molar-refractivity contribution is -0.140. The average Bonchev–Trinajstić information content (AvgIpc) is 2.42. The molecule has 0 radical (unpaired) electrons. The number of methoxy groups -OCH3 is 1. The van der Waals surface area contributed by atoms with Gasteiger partial charge in [-0.1, -0.05) is 12.5 Å². The van der Waals surface area contributed by atoms with Gasteiger partial charge in [-0.15, -0.1) is 0 Å². The van der Waals surface area contributed by atoms with Gasteiger partial charge in [-0.05, 0) is 31.0 Å². The van der Waals surface area contributed by atoms with Crippen molar-refractivity contribution in [2.75, 3.05) is 13.7 Å². The molecule has 0 aromatic heterocycles. The Morgan fingerprint density at radius 3 is 2.74 bits per heavy atom. The van der Waals surface area contributed by atoms with E-state index in [1.54, 1.807) is 12.1 Å². The topological polar surface area (TPSA) is 75.6 Å². The predicted octanol–water partition coefficient (Wildman–Crippen LogP) is 1.86. The quantitative estimate of drug-likeness (QED) is 0.583. The van der Waals surface area contributed by atoms with E-state index in [1.165, 1.54) is 19.2 Å². The standard InChI is InChI=1S/C14H19NO4/c1-19-13(17)8-3-2-4-9-15-14(18)11-6-5-7-12(16)10-11/h5-7,10,16H,2-4,8-9H2,1H3,(H,15,18). The third-order valence-corrected chi connectivity index (χ3v) is 2.68. The monoisotopic (exact) mass is 265 g/mol. The van der Waals surface area contributed by atoms with Gasteiger partial charge in [-0.2, -0.15) is 0 Å². The predicted molar refractivity (Wildman–Crippen MR) is 70.9 cm³/mol. The summed E-state index contributed by atoms with van der Waals surface area (Å²) in [5.41, 5.74) is 0.439. The SMILES string of the molecule is COC(=O)CCCCCNC(=O)c1cccc(O)c1. The average molecular weight is 265 g/mol. The molecule has 1 aromatic carbocycles. The number of ether oxygens (including phenoxy) is 1. The molecular formula is C14H19NO4. The number of hydrogen-bond acceptors (Lipinski definition) is 4. The van der Waals surface area contributed by atoms with Crippen LogP contribution in [0.2, 0.25) is 0 Å². The number of esters is 1. The molecule has 0 saturated carbocycles. The minimum atomic E-state index is -0.205. The van der Waals surface area contributed by atoms with E-state index in [0.29, 0.717) is 18.5 Å². The molecule has 1 rings (SSSR count). The van der Waals surface area contributed by atoms with Gasteiger partial charge in [-0.3, -0.25) is 9.59 Å². The summed E-state index contributed by atoms with van der Waals surface area (Å²) in [7, 11) is 1.37. The number of nitrogens with one attached hydrogen (secondary N) is 1. The van der Waals surface area contributed by atoms with E-state index in [0.717, 1.165) is 19.3 Å². The van der Waals surface area contributed by atoms with Crippen molar-refractivity contribution < 1.29 is 19.4 Å². The molecule has 0 spiro atoms. The summed E-state index contributed by atoms with van der Waals surface area (Å²) in [5, 5.41) is 12.0. The smallest absolute Gasteiger partial charge is 0.305 e. The first-order valence-electron chi connectivity index (χ1n) is 6.27. The third kappa shape index (κ3) is 5.90. The highest BCUT2D eigenvalue weighted by molar-refractivity contribution is 5.94. The van der Waals surface area contributed by atoms with Gasteiger partial charge in [0.25, 0.3) is 5.91 Å². The summed E-state index contributed by atoms with van der Waals surface area (Å²) in [6.45, 7) is 0.551. The summed E-state index contributed by atoms with van der Waals surface area (Å²) in [4.78, 5) is 22.5. The van der Waals surface area contributed by atoms with Gasteiger partial charge in [0.15, 0.2) is 0 Å². The van der Waals surface area contributed by atoms with E-state index in [4.69, 9.17) is 0 Å². The van der Waals surface area contributed by atoms with Gasteiger partial charge >= 0.3 is 5.97 Å². The highest BCUT2D eigenvalue weighted by Crippen LogP contribution is 2.10. The van der Waals surface area contributed by atoms with Crippen LogP contribution in [0.1, 0.15) is 36.0 Å². The number of rotatable bonds is 7. The van der Waals surface area contributed by atoms with E-state index in [2.05, 4.69) is 10.1 Å². The van der Waals surface area contributed by atoms with Crippen LogP contribution in [0.25, 0.3) is 0 Å². The highest BCUT2D eigenvalue weighted by Gasteiger charge is 2.05. The van der Waals surface area contributed by atoms with Crippen molar-refractivity contribution in [1.82, 2.24) is 5.32 Å². The first-order chi connectivity index (χ1) is 9.13. The molecule has 5 heteroatoms. The molecule has 0 saturated heterocycles. The molecule has 0 aliphatic heterocycles. The Morgan fingerprint density at radius 1 is 1.26 bits per heavy atom. The van der Waals surface area contributed by atoms with Crippen molar-refractivity contribution in [3.8, 4) is 5.75 Å². The molecule has 104 valence electrons. The van der Waals surface area contributed by atoms with Gasteiger partial charge in [0.2, 0.25) is 0 Å². The normalized spacial score (nSPS) is 9.95. The van der Waals surface area contributed by atoms with Crippen LogP contribution in [0.15, 0.2) is 24.3 Å². The molecule has 1 amide bonds. The van der Waals surface area contributed by atoms with Gasteiger partial charge in [-0.25, -0.2) is 0 Å². The van der Waals surface area contributed by atoms with Crippen molar-refractivity contribution in [1.29, 1.82) is 0 Å². The number of aromatic hydroxyl groups is 1. The lowest BCUT2D eigenvalue weighted by atomic mass is 10.2. The van der Waals surface area contributed by atoms with Crippen molar-refractivity contribution in [2.45, 2.75) is 25.7 Å². The number of carbonyl (C=O) groups excluding carboxylic acids is 2. The lowest BCUT2D eigenvalue weighted by Gasteiger charge is -2.05. The molecular weight excluding hydrogens is 246 g/mol. The van der Waals surface area contributed by atoms with Crippen LogP contribution in [0.4, 0.5) is 0 Å². The second-order valence-electron chi connectivity index (χ2n) is 4.19. The van der Waals surface area contributed by atoms with Crippen LogP contribution in [-0.4, -0.2) is 30.6 Å². The van der Waals surface area contributed by atoms with Crippen LogP contribution < -0.4 is 5.32 Å². The van der Waals surface area contributed by atoms with Crippen LogP contribution in [-0.2, 0) is 9.53 Å². The van der Waals surface area contributed by atoms with Crippen molar-refractivity contribution in [3.63, 3.8) is 0 Å². The first kappa shape index (κ1) is 15.0. The Kier molecular flexibility index (Phi) is 6.43. The largest absolute Gasteiger partial charge is 0.508 e. The van der Waals surface area contributed by atoms with Crippen LogP contribution in [0, 0.1) is 0 Å². The van der Waals surface area contributed by atoms with Gasteiger partial charge < -0.3 is 15.2 Å². The minimum absolute atomic E-state index is 0.0747. The number of amides is 1. The number of benzene rings is 1. The van der Waals surface area contributed by atoms with E-state index in [1.807, 2.05) is 0 Å². The molecule has 0 bridgehead atoms. The van der Waals surface area contributed by atoms with Gasteiger partial charge in [0.1, 0.15) is 5.75 Å². The van der Waals surface area contributed by atoms with Crippen molar-refractivity contribution >= 4 is 11.9 Å².